The Morgan fingerprint density at radius 1 is 1.25 bits per heavy atom. The lowest BCUT2D eigenvalue weighted by Crippen LogP contribution is -2.13. The van der Waals surface area contributed by atoms with Crippen molar-refractivity contribution in [2.75, 3.05) is 12.3 Å². The van der Waals surface area contributed by atoms with Gasteiger partial charge in [-0.05, 0) is 49.2 Å². The zero-order chi connectivity index (χ0) is 17.3. The van der Waals surface area contributed by atoms with Gasteiger partial charge >= 0.3 is 5.97 Å². The van der Waals surface area contributed by atoms with Crippen LogP contribution in [-0.2, 0) is 11.3 Å². The van der Waals surface area contributed by atoms with Gasteiger partial charge in [-0.3, -0.25) is 0 Å². The molecule has 0 unspecified atom stereocenters. The van der Waals surface area contributed by atoms with E-state index in [0.29, 0.717) is 29.6 Å². The Bertz CT molecular complexity index is 915. The maximum absolute atomic E-state index is 12.4. The lowest BCUT2D eigenvalue weighted by Gasteiger charge is -2.12. The molecule has 0 atom stereocenters. The van der Waals surface area contributed by atoms with Crippen LogP contribution in [0.1, 0.15) is 28.5 Å². The van der Waals surface area contributed by atoms with Gasteiger partial charge in [-0.25, -0.2) is 4.79 Å². The van der Waals surface area contributed by atoms with E-state index in [1.54, 1.807) is 13.0 Å². The number of anilines is 1. The summed E-state index contributed by atoms with van der Waals surface area (Å²) < 4.78 is 7.16. The van der Waals surface area contributed by atoms with Gasteiger partial charge in [0, 0.05) is 22.6 Å². The van der Waals surface area contributed by atoms with Crippen molar-refractivity contribution in [3.63, 3.8) is 0 Å². The van der Waals surface area contributed by atoms with E-state index in [9.17, 15) is 4.79 Å². The molecule has 0 saturated heterocycles. The Balaban J connectivity index is 2.20. The highest BCUT2D eigenvalue weighted by atomic mass is 35.5. The second-order valence-electron chi connectivity index (χ2n) is 5.70. The van der Waals surface area contributed by atoms with Crippen molar-refractivity contribution in [3.8, 4) is 0 Å². The molecule has 0 aliphatic heterocycles. The van der Waals surface area contributed by atoms with Gasteiger partial charge in [0.1, 0.15) is 5.69 Å². The summed E-state index contributed by atoms with van der Waals surface area (Å²) in [6.45, 7) is 4.64. The van der Waals surface area contributed by atoms with Crippen LogP contribution in [0.15, 0.2) is 42.5 Å². The molecule has 0 bridgehead atoms. The molecule has 0 radical (unpaired) electrons. The highest BCUT2D eigenvalue weighted by molar-refractivity contribution is 6.30. The number of aryl methyl sites for hydroxylation is 1. The van der Waals surface area contributed by atoms with Gasteiger partial charge in [0.25, 0.3) is 0 Å². The van der Waals surface area contributed by atoms with Crippen molar-refractivity contribution in [1.82, 2.24) is 4.57 Å². The third kappa shape index (κ3) is 2.97. The normalized spacial score (nSPS) is 11.0. The average Bonchev–Trinajstić information content (AvgIpc) is 2.92. The highest BCUT2D eigenvalue weighted by Crippen LogP contribution is 2.29. The van der Waals surface area contributed by atoms with Gasteiger partial charge in [-0.15, -0.1) is 0 Å². The molecule has 5 heteroatoms. The Morgan fingerprint density at radius 3 is 2.75 bits per heavy atom. The van der Waals surface area contributed by atoms with Crippen LogP contribution in [0, 0.1) is 6.92 Å². The summed E-state index contributed by atoms with van der Waals surface area (Å²) >= 11 is 6.09. The van der Waals surface area contributed by atoms with Gasteiger partial charge in [0.05, 0.1) is 12.1 Å². The van der Waals surface area contributed by atoms with Gasteiger partial charge < -0.3 is 15.0 Å². The lowest BCUT2D eigenvalue weighted by molar-refractivity contribution is 0.0515. The number of fused-ring (bicyclic) bond motifs is 1. The fraction of sp³-hybridized carbons (Fsp3) is 0.211. The smallest absolute Gasteiger partial charge is 0.354 e. The van der Waals surface area contributed by atoms with Crippen LogP contribution in [0.3, 0.4) is 0 Å². The second-order valence-corrected chi connectivity index (χ2v) is 6.14. The van der Waals surface area contributed by atoms with Crippen molar-refractivity contribution < 1.29 is 9.53 Å². The Labute approximate surface area is 145 Å². The minimum Gasteiger partial charge on any atom is -0.461 e. The summed E-state index contributed by atoms with van der Waals surface area (Å²) in [7, 11) is 0. The molecule has 0 fully saturated rings. The molecule has 2 aromatic carbocycles. The molecular weight excluding hydrogens is 324 g/mol. The first-order valence-corrected chi connectivity index (χ1v) is 8.19. The largest absolute Gasteiger partial charge is 0.461 e. The standard InChI is InChI=1S/C19H19ClN2O2/c1-3-24-19(23)17-10-15-16(21)8-7-12(2)18(15)22(17)11-13-5-4-6-14(20)9-13/h4-10H,3,11,21H2,1-2H3. The topological polar surface area (TPSA) is 57.2 Å². The molecule has 24 heavy (non-hydrogen) atoms. The highest BCUT2D eigenvalue weighted by Gasteiger charge is 2.19. The van der Waals surface area contributed by atoms with Crippen LogP contribution < -0.4 is 5.73 Å². The minimum atomic E-state index is -0.352. The van der Waals surface area contributed by atoms with Crippen molar-refractivity contribution >= 4 is 34.2 Å². The maximum atomic E-state index is 12.4. The molecule has 3 rings (SSSR count). The van der Waals surface area contributed by atoms with E-state index >= 15 is 0 Å². The maximum Gasteiger partial charge on any atom is 0.354 e. The van der Waals surface area contributed by atoms with Crippen molar-refractivity contribution in [1.29, 1.82) is 0 Å². The van der Waals surface area contributed by atoms with Crippen LogP contribution in [0.5, 0.6) is 0 Å². The number of halogens is 1. The number of hydrogen-bond acceptors (Lipinski definition) is 3. The molecule has 124 valence electrons. The van der Waals surface area contributed by atoms with E-state index in [4.69, 9.17) is 22.1 Å². The number of rotatable bonds is 4. The number of nitrogens with two attached hydrogens (primary N) is 1. The van der Waals surface area contributed by atoms with Gasteiger partial charge in [0.15, 0.2) is 0 Å². The molecule has 3 aromatic rings. The predicted molar refractivity (Wildman–Crippen MR) is 97.6 cm³/mol. The Morgan fingerprint density at radius 2 is 2.04 bits per heavy atom. The van der Waals surface area contributed by atoms with Crippen LogP contribution in [0.4, 0.5) is 5.69 Å². The Kier molecular flexibility index (Phi) is 4.49. The van der Waals surface area contributed by atoms with Gasteiger partial charge in [0.2, 0.25) is 0 Å². The molecule has 0 spiro atoms. The lowest BCUT2D eigenvalue weighted by atomic mass is 10.1. The summed E-state index contributed by atoms with van der Waals surface area (Å²) in [6, 6.07) is 13.2. The van der Waals surface area contributed by atoms with E-state index in [1.807, 2.05) is 47.9 Å². The van der Waals surface area contributed by atoms with Crippen LogP contribution in [-0.4, -0.2) is 17.1 Å². The monoisotopic (exact) mass is 342 g/mol. The predicted octanol–water partition coefficient (Wildman–Crippen LogP) is 4.41. The molecule has 2 N–H and O–H groups in total. The van der Waals surface area contributed by atoms with E-state index < -0.39 is 0 Å². The summed E-state index contributed by atoms with van der Waals surface area (Å²) in [4.78, 5) is 12.4. The average molecular weight is 343 g/mol. The fourth-order valence-corrected chi connectivity index (χ4v) is 3.15. The molecule has 0 amide bonds. The minimum absolute atomic E-state index is 0.325. The first-order chi connectivity index (χ1) is 11.5. The quantitative estimate of drug-likeness (QED) is 0.564. The third-order valence-corrected chi connectivity index (χ3v) is 4.24. The summed E-state index contributed by atoms with van der Waals surface area (Å²) in [5.74, 6) is -0.352. The number of carbonyl (C=O) groups excluding carboxylic acids is 1. The van der Waals surface area contributed by atoms with Crippen molar-refractivity contribution in [2.24, 2.45) is 0 Å². The summed E-state index contributed by atoms with van der Waals surface area (Å²) in [6.07, 6.45) is 0. The first-order valence-electron chi connectivity index (χ1n) is 7.81. The second kappa shape index (κ2) is 6.57. The fourth-order valence-electron chi connectivity index (χ4n) is 2.93. The number of ether oxygens (including phenoxy) is 1. The zero-order valence-corrected chi connectivity index (χ0v) is 14.4. The molecular formula is C19H19ClN2O2. The molecule has 0 aliphatic carbocycles. The van der Waals surface area contributed by atoms with E-state index in [-0.39, 0.29) is 5.97 Å². The molecule has 4 nitrogen and oxygen atoms in total. The Hall–Kier alpha value is -2.46. The van der Waals surface area contributed by atoms with Crippen molar-refractivity contribution in [2.45, 2.75) is 20.4 Å². The third-order valence-electron chi connectivity index (χ3n) is 4.01. The number of nitrogen functional groups attached to an aromatic ring is 1. The summed E-state index contributed by atoms with van der Waals surface area (Å²) in [5, 5.41) is 1.53. The van der Waals surface area contributed by atoms with E-state index in [1.165, 1.54) is 0 Å². The number of aromatic nitrogens is 1. The van der Waals surface area contributed by atoms with E-state index in [2.05, 4.69) is 0 Å². The SMILES string of the molecule is CCOC(=O)c1cc2c(N)ccc(C)c2n1Cc1cccc(Cl)c1. The number of carbonyl (C=O) groups is 1. The molecule has 0 saturated carbocycles. The first kappa shape index (κ1) is 16.4. The van der Waals surface area contributed by atoms with Crippen LogP contribution in [0.25, 0.3) is 10.9 Å². The molecule has 1 aromatic heterocycles. The molecule has 1 heterocycles. The van der Waals surface area contributed by atoms with E-state index in [0.717, 1.165) is 22.0 Å². The number of benzene rings is 2. The summed E-state index contributed by atoms with van der Waals surface area (Å²) in [5.41, 5.74) is 10.3. The zero-order valence-electron chi connectivity index (χ0n) is 13.7. The van der Waals surface area contributed by atoms with Crippen LogP contribution >= 0.6 is 11.6 Å². The van der Waals surface area contributed by atoms with Gasteiger partial charge in [-0.2, -0.15) is 0 Å². The number of nitrogens with zero attached hydrogens (tertiary/aromatic N) is 1. The van der Waals surface area contributed by atoms with Crippen LogP contribution in [0.2, 0.25) is 5.02 Å². The van der Waals surface area contributed by atoms with Gasteiger partial charge in [-0.1, -0.05) is 29.8 Å². The molecule has 0 aliphatic rings. The van der Waals surface area contributed by atoms with Crippen molar-refractivity contribution in [3.05, 3.63) is 64.3 Å². The number of esters is 1. The number of hydrogen-bond donors (Lipinski definition) is 1.